The van der Waals surface area contributed by atoms with Crippen LogP contribution in [0.25, 0.3) is 11.0 Å². The van der Waals surface area contributed by atoms with Gasteiger partial charge in [-0.2, -0.15) is 0 Å². The molecule has 0 spiro atoms. The molecule has 32 heavy (non-hydrogen) atoms. The van der Waals surface area contributed by atoms with Gasteiger partial charge in [-0.3, -0.25) is 14.4 Å². The third-order valence-electron chi connectivity index (χ3n) is 4.63. The van der Waals surface area contributed by atoms with Crippen molar-refractivity contribution < 1.29 is 37.7 Å². The van der Waals surface area contributed by atoms with E-state index in [1.165, 1.54) is 38.6 Å². The fraction of sp³-hybridized carbons (Fsp3) is 0.429. The van der Waals surface area contributed by atoms with Gasteiger partial charge in [0.1, 0.15) is 16.4 Å². The number of hydrogen-bond donors (Lipinski definition) is 0. The van der Waals surface area contributed by atoms with E-state index in [0.717, 1.165) is 0 Å². The van der Waals surface area contributed by atoms with Crippen LogP contribution in [-0.2, 0) is 28.6 Å². The Labute approximate surface area is 192 Å². The fourth-order valence-corrected chi connectivity index (χ4v) is 4.69. The van der Waals surface area contributed by atoms with Gasteiger partial charge in [0.2, 0.25) is 0 Å². The Morgan fingerprint density at radius 3 is 2.28 bits per heavy atom. The zero-order valence-electron chi connectivity index (χ0n) is 17.7. The van der Waals surface area contributed by atoms with Gasteiger partial charge in [0.25, 0.3) is 0 Å². The quantitative estimate of drug-likeness (QED) is 0.356. The lowest BCUT2D eigenvalue weighted by atomic mass is 10.1. The fourth-order valence-electron chi connectivity index (χ4n) is 3.33. The van der Waals surface area contributed by atoms with Crippen LogP contribution in [0.4, 0.5) is 0 Å². The molecule has 0 amide bonds. The molecule has 9 nitrogen and oxygen atoms in total. The minimum absolute atomic E-state index is 0.00432. The average molecular weight is 485 g/mol. The third-order valence-corrected chi connectivity index (χ3v) is 6.28. The van der Waals surface area contributed by atoms with Crippen LogP contribution in [0.15, 0.2) is 27.4 Å². The number of rotatable bonds is 5. The van der Waals surface area contributed by atoms with Crippen molar-refractivity contribution in [1.29, 1.82) is 0 Å². The number of benzene rings is 1. The molecule has 1 aromatic heterocycles. The Hall–Kier alpha value is -2.72. The van der Waals surface area contributed by atoms with E-state index >= 15 is 0 Å². The first-order valence-electron chi connectivity index (χ1n) is 9.59. The summed E-state index contributed by atoms with van der Waals surface area (Å²) in [6.07, 6.45) is -2.95. The molecular formula is C21H21ClO9S. The number of carbonyl (C=O) groups excluding carboxylic acids is 3. The molecule has 0 aliphatic carbocycles. The van der Waals surface area contributed by atoms with Gasteiger partial charge < -0.3 is 23.4 Å². The van der Waals surface area contributed by atoms with Crippen molar-refractivity contribution in [2.45, 2.75) is 51.4 Å². The molecule has 1 saturated heterocycles. The van der Waals surface area contributed by atoms with Gasteiger partial charge in [-0.25, -0.2) is 4.79 Å². The highest BCUT2D eigenvalue weighted by Gasteiger charge is 2.47. The van der Waals surface area contributed by atoms with E-state index in [1.807, 2.05) is 0 Å². The van der Waals surface area contributed by atoms with Crippen LogP contribution in [0.1, 0.15) is 26.3 Å². The lowest BCUT2D eigenvalue weighted by Gasteiger charge is -2.39. The Bertz CT molecular complexity index is 1110. The second-order valence-corrected chi connectivity index (χ2v) is 8.61. The highest BCUT2D eigenvalue weighted by molar-refractivity contribution is 7.99. The number of thioether (sulfide) groups is 1. The predicted octanol–water partition coefficient (Wildman–Crippen LogP) is 3.00. The summed E-state index contributed by atoms with van der Waals surface area (Å²) in [6, 6.07) is 4.86. The van der Waals surface area contributed by atoms with Gasteiger partial charge in [0, 0.05) is 38.0 Å². The van der Waals surface area contributed by atoms with Crippen LogP contribution in [0.3, 0.4) is 0 Å². The third kappa shape index (κ3) is 5.36. The molecule has 4 atom stereocenters. The van der Waals surface area contributed by atoms with E-state index in [4.69, 9.17) is 35.0 Å². The Kier molecular flexibility index (Phi) is 7.35. The van der Waals surface area contributed by atoms with Crippen molar-refractivity contribution in [3.8, 4) is 5.75 Å². The molecule has 2 heterocycles. The van der Waals surface area contributed by atoms with Gasteiger partial charge in [-0.15, -0.1) is 11.8 Å². The van der Waals surface area contributed by atoms with Crippen LogP contribution in [0.2, 0.25) is 5.02 Å². The van der Waals surface area contributed by atoms with Crippen molar-refractivity contribution in [3.05, 3.63) is 39.2 Å². The summed E-state index contributed by atoms with van der Waals surface area (Å²) >= 11 is 7.18. The zero-order chi connectivity index (χ0) is 23.6. The average Bonchev–Trinajstić information content (AvgIpc) is 2.69. The summed E-state index contributed by atoms with van der Waals surface area (Å²) in [4.78, 5) is 46.8. The summed E-state index contributed by atoms with van der Waals surface area (Å²) in [5.41, 5.74) is -0.618. The highest BCUT2D eigenvalue weighted by Crippen LogP contribution is 2.35. The van der Waals surface area contributed by atoms with Crippen LogP contribution in [0, 0.1) is 6.92 Å². The molecule has 0 N–H and O–H groups in total. The molecule has 0 unspecified atom stereocenters. The largest absolute Gasteiger partial charge is 0.476 e. The second kappa shape index (κ2) is 9.83. The minimum Gasteiger partial charge on any atom is -0.476 e. The standard InChI is InChI=1S/C21H21ClO9S/c1-9-14-6-5-13(7-15(14)31-20(26)17(9)22)30-21-19(29-12(4)25)18(28-11(3)24)16(8-32-21)27-10(2)23/h5-7,16,18-19,21H,8H2,1-4H3/t16-,18+,19-,21-/m1/s1. The van der Waals surface area contributed by atoms with Crippen LogP contribution >= 0.6 is 23.4 Å². The van der Waals surface area contributed by atoms with E-state index in [9.17, 15) is 19.2 Å². The number of aryl methyl sites for hydroxylation is 1. The van der Waals surface area contributed by atoms with Crippen molar-refractivity contribution in [2.24, 2.45) is 0 Å². The molecule has 0 bridgehead atoms. The number of fused-ring (bicyclic) bond motifs is 1. The molecular weight excluding hydrogens is 464 g/mol. The van der Waals surface area contributed by atoms with Gasteiger partial charge in [0.05, 0.1) is 0 Å². The molecule has 0 radical (unpaired) electrons. The maximum absolute atomic E-state index is 11.9. The molecule has 2 aromatic rings. The lowest BCUT2D eigenvalue weighted by Crippen LogP contribution is -2.55. The summed E-state index contributed by atoms with van der Waals surface area (Å²) in [5.74, 6) is -1.26. The van der Waals surface area contributed by atoms with Gasteiger partial charge >= 0.3 is 23.5 Å². The second-order valence-electron chi connectivity index (χ2n) is 7.10. The van der Waals surface area contributed by atoms with Crippen LogP contribution in [-0.4, -0.2) is 47.4 Å². The number of ether oxygens (including phenoxy) is 4. The molecule has 1 fully saturated rings. The summed E-state index contributed by atoms with van der Waals surface area (Å²) in [5, 5.41) is 0.646. The van der Waals surface area contributed by atoms with Crippen molar-refractivity contribution >= 4 is 52.2 Å². The lowest BCUT2D eigenvalue weighted by molar-refractivity contribution is -0.186. The van der Waals surface area contributed by atoms with Gasteiger partial charge in [-0.05, 0) is 24.6 Å². The maximum Gasteiger partial charge on any atom is 0.355 e. The Morgan fingerprint density at radius 1 is 1.03 bits per heavy atom. The molecule has 1 aliphatic rings. The predicted molar refractivity (Wildman–Crippen MR) is 116 cm³/mol. The first-order valence-corrected chi connectivity index (χ1v) is 11.0. The van der Waals surface area contributed by atoms with Crippen molar-refractivity contribution in [1.82, 2.24) is 0 Å². The smallest absolute Gasteiger partial charge is 0.355 e. The molecule has 3 rings (SSSR count). The molecule has 1 aromatic carbocycles. The summed E-state index contributed by atoms with van der Waals surface area (Å²) in [6.45, 7) is 5.34. The Morgan fingerprint density at radius 2 is 1.66 bits per heavy atom. The molecule has 11 heteroatoms. The first-order chi connectivity index (χ1) is 15.1. The topological polar surface area (TPSA) is 118 Å². The number of halogens is 1. The summed E-state index contributed by atoms with van der Waals surface area (Å²) < 4.78 is 27.3. The van der Waals surface area contributed by atoms with Crippen LogP contribution in [0.5, 0.6) is 5.75 Å². The number of esters is 3. The zero-order valence-corrected chi connectivity index (χ0v) is 19.3. The van der Waals surface area contributed by atoms with Gasteiger partial charge in [0.15, 0.2) is 23.7 Å². The normalized spacial score (nSPS) is 22.8. The maximum atomic E-state index is 11.9. The van der Waals surface area contributed by atoms with E-state index in [1.54, 1.807) is 19.1 Å². The molecule has 172 valence electrons. The van der Waals surface area contributed by atoms with Crippen molar-refractivity contribution in [3.63, 3.8) is 0 Å². The van der Waals surface area contributed by atoms with E-state index in [2.05, 4.69) is 0 Å². The number of hydrogen-bond acceptors (Lipinski definition) is 10. The molecule has 1 aliphatic heterocycles. The number of carbonyl (C=O) groups is 3. The van der Waals surface area contributed by atoms with E-state index < -0.39 is 47.3 Å². The minimum atomic E-state index is -1.06. The Balaban J connectivity index is 1.93. The van der Waals surface area contributed by atoms with Crippen LogP contribution < -0.4 is 10.4 Å². The highest BCUT2D eigenvalue weighted by atomic mass is 35.5. The van der Waals surface area contributed by atoms with Gasteiger partial charge in [-0.1, -0.05) is 11.6 Å². The van der Waals surface area contributed by atoms with Crippen molar-refractivity contribution in [2.75, 3.05) is 5.75 Å². The molecule has 0 saturated carbocycles. The summed E-state index contributed by atoms with van der Waals surface area (Å²) in [7, 11) is 0. The first kappa shape index (κ1) is 23.9. The SMILES string of the molecule is CC(=O)O[C@@H]1[C@@H](OC(C)=O)[C@H](OC(C)=O)CS[C@H]1Oc1ccc2c(C)c(Cl)c(=O)oc2c1. The van der Waals surface area contributed by atoms with E-state index in [-0.39, 0.29) is 16.4 Å². The van der Waals surface area contributed by atoms with E-state index in [0.29, 0.717) is 16.7 Å². The monoisotopic (exact) mass is 484 g/mol.